The van der Waals surface area contributed by atoms with Crippen molar-refractivity contribution in [3.63, 3.8) is 0 Å². The Morgan fingerprint density at radius 3 is 2.72 bits per heavy atom. The predicted molar refractivity (Wildman–Crippen MR) is 73.7 cm³/mol. The van der Waals surface area contributed by atoms with Crippen molar-refractivity contribution in [1.82, 2.24) is 10.9 Å². The second-order valence-corrected chi connectivity index (χ2v) is 5.63. The van der Waals surface area contributed by atoms with Gasteiger partial charge in [-0.25, -0.2) is 5.43 Å². The lowest BCUT2D eigenvalue weighted by molar-refractivity contribution is 0.194. The third-order valence-corrected chi connectivity index (χ3v) is 4.60. The normalized spacial score (nSPS) is 35.4. The second kappa shape index (κ2) is 5.39. The van der Waals surface area contributed by atoms with Crippen LogP contribution in [0.15, 0.2) is 30.3 Å². The first-order valence-electron chi connectivity index (χ1n) is 7.16. The van der Waals surface area contributed by atoms with Crippen LogP contribution in [0.5, 0.6) is 0 Å². The number of nitrogens with two attached hydrogens (primary N) is 1. The van der Waals surface area contributed by atoms with E-state index >= 15 is 0 Å². The second-order valence-electron chi connectivity index (χ2n) is 5.63. The fourth-order valence-corrected chi connectivity index (χ4v) is 3.80. The Morgan fingerprint density at radius 1 is 1.11 bits per heavy atom. The first kappa shape index (κ1) is 12.2. The molecule has 2 aliphatic rings. The summed E-state index contributed by atoms with van der Waals surface area (Å²) in [6.07, 6.45) is 5.13. The van der Waals surface area contributed by atoms with Crippen LogP contribution in [-0.4, -0.2) is 12.6 Å². The van der Waals surface area contributed by atoms with Gasteiger partial charge in [-0.05, 0) is 43.2 Å². The van der Waals surface area contributed by atoms with Crippen LogP contribution < -0.4 is 16.6 Å². The van der Waals surface area contributed by atoms with Crippen molar-refractivity contribution in [3.8, 4) is 0 Å². The molecular weight excluding hydrogens is 222 g/mol. The number of benzene rings is 1. The summed E-state index contributed by atoms with van der Waals surface area (Å²) in [4.78, 5) is 0. The number of rotatable bonds is 3. The molecule has 2 fully saturated rings. The quantitative estimate of drug-likeness (QED) is 0.763. The molecule has 3 nitrogen and oxygen atoms in total. The molecule has 1 saturated heterocycles. The van der Waals surface area contributed by atoms with Crippen molar-refractivity contribution >= 4 is 0 Å². The van der Waals surface area contributed by atoms with E-state index in [-0.39, 0.29) is 0 Å². The molecule has 0 amide bonds. The van der Waals surface area contributed by atoms with E-state index in [2.05, 4.69) is 41.2 Å². The Hall–Kier alpha value is -0.900. The lowest BCUT2D eigenvalue weighted by Gasteiger charge is -2.35. The van der Waals surface area contributed by atoms with E-state index < -0.39 is 0 Å². The molecule has 4 atom stereocenters. The monoisotopic (exact) mass is 245 g/mol. The Kier molecular flexibility index (Phi) is 3.64. The number of nitrogens with one attached hydrogen (secondary N) is 2. The summed E-state index contributed by atoms with van der Waals surface area (Å²) >= 11 is 0. The van der Waals surface area contributed by atoms with E-state index in [4.69, 9.17) is 5.73 Å². The van der Waals surface area contributed by atoms with Gasteiger partial charge >= 0.3 is 0 Å². The van der Waals surface area contributed by atoms with Gasteiger partial charge in [0.15, 0.2) is 0 Å². The van der Waals surface area contributed by atoms with Crippen molar-refractivity contribution in [2.24, 2.45) is 17.6 Å². The number of hydrogen-bond acceptors (Lipinski definition) is 3. The van der Waals surface area contributed by atoms with E-state index in [1.54, 1.807) is 0 Å². The zero-order chi connectivity index (χ0) is 12.4. The highest BCUT2D eigenvalue weighted by molar-refractivity contribution is 5.22. The predicted octanol–water partition coefficient (Wildman–Crippen LogP) is 1.97. The number of hydrazine groups is 1. The van der Waals surface area contributed by atoms with Gasteiger partial charge in [-0.1, -0.05) is 36.8 Å². The van der Waals surface area contributed by atoms with Crippen molar-refractivity contribution in [3.05, 3.63) is 35.9 Å². The maximum atomic E-state index is 5.79. The lowest BCUT2D eigenvalue weighted by atomic mass is 9.71. The molecule has 0 radical (unpaired) electrons. The smallest absolute Gasteiger partial charge is 0.0508 e. The van der Waals surface area contributed by atoms with Gasteiger partial charge in [-0.3, -0.25) is 5.43 Å². The van der Waals surface area contributed by atoms with Gasteiger partial charge in [-0.2, -0.15) is 0 Å². The average Bonchev–Trinajstić information content (AvgIpc) is 2.85. The van der Waals surface area contributed by atoms with Crippen molar-refractivity contribution in [1.29, 1.82) is 0 Å². The highest BCUT2D eigenvalue weighted by Gasteiger charge is 2.42. The molecular formula is C15H23N3. The molecule has 0 aromatic heterocycles. The molecule has 3 heteroatoms. The molecule has 1 aromatic carbocycles. The highest BCUT2D eigenvalue weighted by atomic mass is 15.4. The minimum absolute atomic E-state index is 0.452. The van der Waals surface area contributed by atoms with Gasteiger partial charge in [-0.15, -0.1) is 0 Å². The van der Waals surface area contributed by atoms with Crippen molar-refractivity contribution in [2.45, 2.75) is 37.8 Å². The van der Waals surface area contributed by atoms with E-state index in [9.17, 15) is 0 Å². The van der Waals surface area contributed by atoms with Crippen molar-refractivity contribution < 1.29 is 0 Å². The van der Waals surface area contributed by atoms with Crippen molar-refractivity contribution in [2.75, 3.05) is 6.54 Å². The SMILES string of the molecule is NCCC1CCCC2NNC(c3ccccc3)C12. The molecule has 4 unspecified atom stereocenters. The topological polar surface area (TPSA) is 50.1 Å². The molecule has 18 heavy (non-hydrogen) atoms. The van der Waals surface area contributed by atoms with Crippen LogP contribution in [0.2, 0.25) is 0 Å². The van der Waals surface area contributed by atoms with Crippen LogP contribution in [-0.2, 0) is 0 Å². The zero-order valence-electron chi connectivity index (χ0n) is 10.8. The van der Waals surface area contributed by atoms with E-state index in [1.165, 1.54) is 24.8 Å². The van der Waals surface area contributed by atoms with Crippen LogP contribution in [0.1, 0.15) is 37.3 Å². The molecule has 0 spiro atoms. The van der Waals surface area contributed by atoms with Gasteiger partial charge in [0.2, 0.25) is 0 Å². The molecule has 4 N–H and O–H groups in total. The van der Waals surface area contributed by atoms with Gasteiger partial charge in [0.25, 0.3) is 0 Å². The first-order chi connectivity index (χ1) is 8.90. The summed E-state index contributed by atoms with van der Waals surface area (Å²) in [5.41, 5.74) is 14.2. The third kappa shape index (κ3) is 2.18. The minimum Gasteiger partial charge on any atom is -0.330 e. The fourth-order valence-electron chi connectivity index (χ4n) is 3.80. The molecule has 1 saturated carbocycles. The summed E-state index contributed by atoms with van der Waals surface area (Å²) in [6, 6.07) is 11.9. The molecule has 98 valence electrons. The average molecular weight is 245 g/mol. The standard InChI is InChI=1S/C15H23N3/c16-10-9-11-7-4-8-13-14(11)15(18-17-13)12-5-2-1-3-6-12/h1-3,5-6,11,13-15,17-18H,4,7-10,16H2. The molecule has 1 aromatic rings. The summed E-state index contributed by atoms with van der Waals surface area (Å²) in [5.74, 6) is 1.46. The van der Waals surface area contributed by atoms with Crippen LogP contribution in [0.4, 0.5) is 0 Å². The van der Waals surface area contributed by atoms with E-state index in [0.29, 0.717) is 18.0 Å². The first-order valence-corrected chi connectivity index (χ1v) is 7.16. The Bertz CT molecular complexity index is 377. The lowest BCUT2D eigenvalue weighted by Crippen LogP contribution is -2.37. The highest BCUT2D eigenvalue weighted by Crippen LogP contribution is 2.42. The maximum Gasteiger partial charge on any atom is 0.0508 e. The van der Waals surface area contributed by atoms with Gasteiger partial charge < -0.3 is 5.73 Å². The minimum atomic E-state index is 0.452. The molecule has 0 bridgehead atoms. The van der Waals surface area contributed by atoms with Crippen LogP contribution in [0.25, 0.3) is 0 Å². The van der Waals surface area contributed by atoms with Gasteiger partial charge in [0.1, 0.15) is 0 Å². The zero-order valence-corrected chi connectivity index (χ0v) is 10.8. The Labute approximate surface area is 109 Å². The molecule has 1 aliphatic carbocycles. The van der Waals surface area contributed by atoms with Crippen LogP contribution in [0, 0.1) is 11.8 Å². The number of hydrogen-bond donors (Lipinski definition) is 3. The van der Waals surface area contributed by atoms with Gasteiger partial charge in [0.05, 0.1) is 6.04 Å². The Morgan fingerprint density at radius 2 is 1.94 bits per heavy atom. The van der Waals surface area contributed by atoms with Crippen LogP contribution >= 0.6 is 0 Å². The summed E-state index contributed by atoms with van der Waals surface area (Å²) in [5, 5.41) is 0. The summed E-state index contributed by atoms with van der Waals surface area (Å²) in [6.45, 7) is 0.815. The third-order valence-electron chi connectivity index (χ3n) is 4.60. The molecule has 3 rings (SSSR count). The van der Waals surface area contributed by atoms with Crippen LogP contribution in [0.3, 0.4) is 0 Å². The van der Waals surface area contributed by atoms with E-state index in [0.717, 1.165) is 18.9 Å². The maximum absolute atomic E-state index is 5.79. The number of fused-ring (bicyclic) bond motifs is 1. The molecule has 1 aliphatic heterocycles. The summed E-state index contributed by atoms with van der Waals surface area (Å²) in [7, 11) is 0. The molecule has 1 heterocycles. The fraction of sp³-hybridized carbons (Fsp3) is 0.600. The summed E-state index contributed by atoms with van der Waals surface area (Å²) < 4.78 is 0. The van der Waals surface area contributed by atoms with Gasteiger partial charge in [0, 0.05) is 6.04 Å². The largest absolute Gasteiger partial charge is 0.330 e. The Balaban J connectivity index is 1.83. The van der Waals surface area contributed by atoms with E-state index in [1.807, 2.05) is 0 Å².